The number of rotatable bonds is 7. The summed E-state index contributed by atoms with van der Waals surface area (Å²) in [6.07, 6.45) is 2.91. The predicted molar refractivity (Wildman–Crippen MR) is 79.8 cm³/mol. The van der Waals surface area contributed by atoms with E-state index >= 15 is 0 Å². The third kappa shape index (κ3) is 4.09. The van der Waals surface area contributed by atoms with Gasteiger partial charge >= 0.3 is 8.56 Å². The second kappa shape index (κ2) is 6.88. The van der Waals surface area contributed by atoms with Gasteiger partial charge in [0.15, 0.2) is 0 Å². The van der Waals surface area contributed by atoms with Crippen molar-refractivity contribution in [3.05, 3.63) is 42.0 Å². The predicted octanol–water partition coefficient (Wildman–Crippen LogP) is 4.54. The van der Waals surface area contributed by atoms with E-state index in [0.717, 1.165) is 12.0 Å². The lowest BCUT2D eigenvalue weighted by molar-refractivity contribution is 0.122. The van der Waals surface area contributed by atoms with E-state index in [1.807, 2.05) is 25.1 Å². The molecule has 0 N–H and O–H groups in total. The minimum atomic E-state index is -2.04. The third-order valence-electron chi connectivity index (χ3n) is 2.85. The zero-order chi connectivity index (χ0) is 13.6. The van der Waals surface area contributed by atoms with Crippen LogP contribution in [0, 0.1) is 0 Å². The van der Waals surface area contributed by atoms with Crippen molar-refractivity contribution in [1.82, 2.24) is 0 Å². The summed E-state index contributed by atoms with van der Waals surface area (Å²) in [5, 5.41) is 0. The highest BCUT2D eigenvalue weighted by atomic mass is 28.4. The van der Waals surface area contributed by atoms with E-state index in [9.17, 15) is 0 Å². The van der Waals surface area contributed by atoms with Gasteiger partial charge < -0.3 is 8.85 Å². The summed E-state index contributed by atoms with van der Waals surface area (Å²) in [5.41, 5.74) is 2.35. The van der Waals surface area contributed by atoms with E-state index in [-0.39, 0.29) is 6.10 Å². The normalized spacial score (nSPS) is 13.3. The van der Waals surface area contributed by atoms with Gasteiger partial charge in [-0.2, -0.15) is 0 Å². The maximum Gasteiger partial charge on any atom is 0.332 e. The van der Waals surface area contributed by atoms with Crippen LogP contribution in [0.3, 0.4) is 0 Å². The Morgan fingerprint density at radius 3 is 2.50 bits per heavy atom. The summed E-state index contributed by atoms with van der Waals surface area (Å²) >= 11 is 0. The van der Waals surface area contributed by atoms with Crippen LogP contribution in [0.5, 0.6) is 0 Å². The van der Waals surface area contributed by atoms with Crippen LogP contribution < -0.4 is 0 Å². The Morgan fingerprint density at radius 1 is 1.28 bits per heavy atom. The smallest absolute Gasteiger partial charge is 0.332 e. The van der Waals surface area contributed by atoms with Crippen molar-refractivity contribution in [3.63, 3.8) is 0 Å². The first kappa shape index (κ1) is 15.2. The molecule has 3 heteroatoms. The molecule has 2 nitrogen and oxygen atoms in total. The maximum atomic E-state index is 6.22. The molecule has 0 radical (unpaired) electrons. The monoisotopic (exact) mass is 264 g/mol. The first-order valence-corrected chi connectivity index (χ1v) is 9.38. The highest BCUT2D eigenvalue weighted by molar-refractivity contribution is 6.64. The second-order valence-corrected chi connectivity index (χ2v) is 8.00. The van der Waals surface area contributed by atoms with Crippen LogP contribution in [-0.4, -0.2) is 15.2 Å². The third-order valence-corrected chi connectivity index (χ3v) is 4.69. The van der Waals surface area contributed by atoms with Gasteiger partial charge in [-0.3, -0.25) is 0 Å². The van der Waals surface area contributed by atoms with E-state index in [2.05, 4.69) is 38.7 Å². The van der Waals surface area contributed by atoms with Crippen molar-refractivity contribution < 1.29 is 8.85 Å². The molecule has 0 bridgehead atoms. The largest absolute Gasteiger partial charge is 0.395 e. The topological polar surface area (TPSA) is 18.5 Å². The van der Waals surface area contributed by atoms with E-state index in [1.165, 1.54) is 5.56 Å². The first-order valence-electron chi connectivity index (χ1n) is 6.57. The lowest BCUT2D eigenvalue weighted by atomic mass is 10.0. The lowest BCUT2D eigenvalue weighted by Crippen LogP contribution is -2.36. The van der Waals surface area contributed by atoms with Gasteiger partial charge in [0.25, 0.3) is 0 Å². The van der Waals surface area contributed by atoms with E-state index in [4.69, 9.17) is 8.85 Å². The molecule has 18 heavy (non-hydrogen) atoms. The average molecular weight is 264 g/mol. The zero-order valence-corrected chi connectivity index (χ0v) is 12.9. The lowest BCUT2D eigenvalue weighted by Gasteiger charge is -2.29. The molecule has 0 spiro atoms. The molecule has 0 aliphatic carbocycles. The molecule has 0 amide bonds. The Hall–Kier alpha value is -0.903. The molecule has 1 aromatic rings. The quantitative estimate of drug-likeness (QED) is 0.673. The van der Waals surface area contributed by atoms with Crippen LogP contribution in [-0.2, 0) is 8.85 Å². The fourth-order valence-corrected chi connectivity index (χ4v) is 3.82. The molecule has 1 aromatic carbocycles. The van der Waals surface area contributed by atoms with Gasteiger partial charge in [0.05, 0.1) is 6.10 Å². The highest BCUT2D eigenvalue weighted by Crippen LogP contribution is 2.28. The number of hydrogen-bond acceptors (Lipinski definition) is 2. The first-order chi connectivity index (χ1) is 8.54. The molecule has 1 unspecified atom stereocenters. The summed E-state index contributed by atoms with van der Waals surface area (Å²) in [6, 6.07) is 8.26. The Balaban J connectivity index is 2.92. The van der Waals surface area contributed by atoms with E-state index in [1.54, 1.807) is 0 Å². The molecule has 100 valence electrons. The fraction of sp³-hybridized carbons (Fsp3) is 0.467. The van der Waals surface area contributed by atoms with Crippen LogP contribution in [0.25, 0.3) is 6.08 Å². The van der Waals surface area contributed by atoms with Gasteiger partial charge in [-0.1, -0.05) is 43.8 Å². The summed E-state index contributed by atoms with van der Waals surface area (Å²) in [5.74, 6) is 0. The molecular weight excluding hydrogens is 240 g/mol. The molecule has 0 saturated heterocycles. The van der Waals surface area contributed by atoms with E-state index in [0.29, 0.717) is 6.61 Å². The Labute approximate surface area is 112 Å². The Bertz CT molecular complexity index is 388. The van der Waals surface area contributed by atoms with Gasteiger partial charge in [-0.25, -0.2) is 0 Å². The molecule has 0 heterocycles. The standard InChI is InChI=1S/C15H24O2Si/c1-6-13-11-9-10-12-14(13)15(7-2)17-18(4,5)16-8-3/h6,9-12,15H,1,7-8H2,2-5H3. The van der Waals surface area contributed by atoms with Crippen LogP contribution in [0.2, 0.25) is 13.1 Å². The molecule has 1 rings (SSSR count). The molecule has 1 atom stereocenters. The maximum absolute atomic E-state index is 6.22. The Morgan fingerprint density at radius 2 is 1.94 bits per heavy atom. The summed E-state index contributed by atoms with van der Waals surface area (Å²) in [7, 11) is -2.04. The van der Waals surface area contributed by atoms with Gasteiger partial charge in [0.2, 0.25) is 0 Å². The molecule has 0 aliphatic heterocycles. The number of hydrogen-bond donors (Lipinski definition) is 0. The van der Waals surface area contributed by atoms with Crippen molar-refractivity contribution >= 4 is 14.6 Å². The van der Waals surface area contributed by atoms with Gasteiger partial charge in [-0.15, -0.1) is 0 Å². The van der Waals surface area contributed by atoms with Crippen molar-refractivity contribution in [2.75, 3.05) is 6.61 Å². The summed E-state index contributed by atoms with van der Waals surface area (Å²) in [4.78, 5) is 0. The van der Waals surface area contributed by atoms with Gasteiger partial charge in [0.1, 0.15) is 0 Å². The average Bonchev–Trinajstić information content (AvgIpc) is 2.36. The molecule has 0 saturated carbocycles. The summed E-state index contributed by atoms with van der Waals surface area (Å²) < 4.78 is 12.0. The molecule has 0 aliphatic rings. The number of benzene rings is 1. The van der Waals surface area contributed by atoms with Gasteiger partial charge in [-0.05, 0) is 37.6 Å². The van der Waals surface area contributed by atoms with Crippen LogP contribution in [0.4, 0.5) is 0 Å². The molecular formula is C15H24O2Si. The minimum Gasteiger partial charge on any atom is -0.395 e. The van der Waals surface area contributed by atoms with Crippen LogP contribution in [0.1, 0.15) is 37.5 Å². The SMILES string of the molecule is C=Cc1ccccc1C(CC)O[Si](C)(C)OCC. The zero-order valence-electron chi connectivity index (χ0n) is 11.9. The molecule has 0 aromatic heterocycles. The Kier molecular flexibility index (Phi) is 5.79. The fourth-order valence-electron chi connectivity index (χ4n) is 2.08. The van der Waals surface area contributed by atoms with Crippen molar-refractivity contribution in [2.45, 2.75) is 39.5 Å². The van der Waals surface area contributed by atoms with Crippen molar-refractivity contribution in [1.29, 1.82) is 0 Å². The van der Waals surface area contributed by atoms with Crippen LogP contribution in [0.15, 0.2) is 30.8 Å². The molecule has 0 fully saturated rings. The second-order valence-electron chi connectivity index (χ2n) is 4.68. The van der Waals surface area contributed by atoms with Crippen LogP contribution >= 0.6 is 0 Å². The minimum absolute atomic E-state index is 0.0902. The van der Waals surface area contributed by atoms with Gasteiger partial charge in [0, 0.05) is 6.61 Å². The summed E-state index contributed by atoms with van der Waals surface area (Å²) in [6.45, 7) is 12.9. The van der Waals surface area contributed by atoms with Crippen molar-refractivity contribution in [3.8, 4) is 0 Å². The highest BCUT2D eigenvalue weighted by Gasteiger charge is 2.28. The van der Waals surface area contributed by atoms with Crippen molar-refractivity contribution in [2.24, 2.45) is 0 Å². The van der Waals surface area contributed by atoms with E-state index < -0.39 is 8.56 Å².